The highest BCUT2D eigenvalue weighted by Crippen LogP contribution is 2.26. The van der Waals surface area contributed by atoms with E-state index in [-0.39, 0.29) is 5.54 Å². The molecule has 0 saturated heterocycles. The van der Waals surface area contributed by atoms with E-state index in [0.717, 1.165) is 4.34 Å². The van der Waals surface area contributed by atoms with Crippen molar-refractivity contribution < 1.29 is 0 Å². The number of rotatable bonds is 2. The fourth-order valence-corrected chi connectivity index (χ4v) is 2.27. The minimum atomic E-state index is -0.130. The molecule has 0 fully saturated rings. The molecule has 7 heteroatoms. The van der Waals surface area contributed by atoms with Crippen LogP contribution < -0.4 is 0 Å². The molecule has 0 spiro atoms. The van der Waals surface area contributed by atoms with E-state index in [1.54, 1.807) is 22.3 Å². The van der Waals surface area contributed by atoms with Gasteiger partial charge in [-0.15, -0.1) is 21.5 Å². The van der Waals surface area contributed by atoms with Crippen LogP contribution in [0.5, 0.6) is 0 Å². The second-order valence-electron chi connectivity index (χ2n) is 3.93. The quantitative estimate of drug-likeness (QED) is 0.805. The molecule has 0 aromatic carbocycles. The Balaban J connectivity index is 2.15. The van der Waals surface area contributed by atoms with Gasteiger partial charge in [0.15, 0.2) is 4.34 Å². The summed E-state index contributed by atoms with van der Waals surface area (Å²) in [5, 5.41) is 14.8. The maximum absolute atomic E-state index is 4.28. The lowest BCUT2D eigenvalue weighted by Crippen LogP contribution is -2.24. The Bertz CT molecular complexity index is 428. The van der Waals surface area contributed by atoms with E-state index in [4.69, 9.17) is 0 Å². The molecule has 0 unspecified atom stereocenters. The normalized spacial score (nSPS) is 11.9. The highest BCUT2D eigenvalue weighted by molar-refractivity contribution is 8.00. The maximum Gasteiger partial charge on any atom is 0.238 e. The van der Waals surface area contributed by atoms with Gasteiger partial charge >= 0.3 is 0 Å². The smallest absolute Gasteiger partial charge is 0.238 e. The average Bonchev–Trinajstić information content (AvgIpc) is 2.73. The highest BCUT2D eigenvalue weighted by atomic mass is 32.2. The van der Waals surface area contributed by atoms with Gasteiger partial charge in [0.25, 0.3) is 0 Å². The molecule has 0 aliphatic carbocycles. The molecule has 2 heterocycles. The van der Waals surface area contributed by atoms with Crippen LogP contribution in [-0.4, -0.2) is 25.2 Å². The number of thiazole rings is 1. The standard InChI is InChI=1S/C8H11N5S2/c1-8(2,3)13-11-6(10-12-13)15-7-9-4-5-14-7/h4-5H,1-3H3. The van der Waals surface area contributed by atoms with Crippen molar-refractivity contribution in [1.82, 2.24) is 25.2 Å². The largest absolute Gasteiger partial charge is 0.238 e. The molecule has 0 bridgehead atoms. The van der Waals surface area contributed by atoms with E-state index in [9.17, 15) is 0 Å². The zero-order chi connectivity index (χ0) is 10.9. The number of hydrogen-bond acceptors (Lipinski definition) is 6. The lowest BCUT2D eigenvalue weighted by molar-refractivity contribution is 0.304. The summed E-state index contributed by atoms with van der Waals surface area (Å²) in [5.74, 6) is 0. The van der Waals surface area contributed by atoms with Crippen molar-refractivity contribution in [2.24, 2.45) is 0 Å². The molecule has 0 aliphatic heterocycles. The molecular formula is C8H11N5S2. The second kappa shape index (κ2) is 3.90. The second-order valence-corrected chi connectivity index (χ2v) is 6.04. The van der Waals surface area contributed by atoms with Crippen molar-refractivity contribution in [2.45, 2.75) is 35.8 Å². The molecule has 0 aliphatic rings. The van der Waals surface area contributed by atoms with E-state index in [1.807, 2.05) is 26.2 Å². The summed E-state index contributed by atoms with van der Waals surface area (Å²) >= 11 is 3.00. The molecule has 15 heavy (non-hydrogen) atoms. The Morgan fingerprint density at radius 2 is 2.20 bits per heavy atom. The van der Waals surface area contributed by atoms with E-state index in [1.165, 1.54) is 11.8 Å². The Morgan fingerprint density at radius 3 is 2.73 bits per heavy atom. The third-order valence-electron chi connectivity index (χ3n) is 1.58. The first kappa shape index (κ1) is 10.6. The number of nitrogens with zero attached hydrogens (tertiary/aromatic N) is 5. The zero-order valence-electron chi connectivity index (χ0n) is 8.71. The molecule has 0 N–H and O–H groups in total. The predicted octanol–water partition coefficient (Wildman–Crippen LogP) is 2.04. The van der Waals surface area contributed by atoms with Crippen molar-refractivity contribution in [3.63, 3.8) is 0 Å². The first-order valence-electron chi connectivity index (χ1n) is 4.43. The average molecular weight is 241 g/mol. The van der Waals surface area contributed by atoms with Crippen LogP contribution in [0.4, 0.5) is 0 Å². The van der Waals surface area contributed by atoms with Crippen LogP contribution in [0, 0.1) is 0 Å². The Morgan fingerprint density at radius 1 is 1.40 bits per heavy atom. The van der Waals surface area contributed by atoms with Gasteiger partial charge in [-0.1, -0.05) is 0 Å². The lowest BCUT2D eigenvalue weighted by Gasteiger charge is -2.15. The van der Waals surface area contributed by atoms with E-state index in [0.29, 0.717) is 5.16 Å². The van der Waals surface area contributed by atoms with Crippen molar-refractivity contribution in [1.29, 1.82) is 0 Å². The van der Waals surface area contributed by atoms with Crippen LogP contribution in [0.3, 0.4) is 0 Å². The summed E-state index contributed by atoms with van der Waals surface area (Å²) in [4.78, 5) is 5.76. The molecule has 2 rings (SSSR count). The Kier molecular flexibility index (Phi) is 2.74. The topological polar surface area (TPSA) is 56.5 Å². The molecule has 5 nitrogen and oxygen atoms in total. The minimum Gasteiger partial charge on any atom is -0.238 e. The summed E-state index contributed by atoms with van der Waals surface area (Å²) in [6.45, 7) is 6.10. The summed E-state index contributed by atoms with van der Waals surface area (Å²) in [5.41, 5.74) is -0.130. The Labute approximate surface area is 95.9 Å². The van der Waals surface area contributed by atoms with Gasteiger partial charge in [-0.2, -0.15) is 4.80 Å². The van der Waals surface area contributed by atoms with Crippen LogP contribution in [0.2, 0.25) is 0 Å². The predicted molar refractivity (Wildman–Crippen MR) is 59.1 cm³/mol. The number of tetrazole rings is 1. The molecule has 0 amide bonds. The summed E-state index contributed by atoms with van der Waals surface area (Å²) in [6, 6.07) is 0. The molecule has 2 aromatic heterocycles. The molecular weight excluding hydrogens is 230 g/mol. The van der Waals surface area contributed by atoms with Gasteiger partial charge in [-0.05, 0) is 37.7 Å². The van der Waals surface area contributed by atoms with Gasteiger partial charge in [0, 0.05) is 11.6 Å². The van der Waals surface area contributed by atoms with Gasteiger partial charge in [-0.3, -0.25) is 0 Å². The van der Waals surface area contributed by atoms with Crippen molar-refractivity contribution in [2.75, 3.05) is 0 Å². The molecule has 2 aromatic rings. The van der Waals surface area contributed by atoms with Crippen LogP contribution >= 0.6 is 23.1 Å². The van der Waals surface area contributed by atoms with Gasteiger partial charge in [0.1, 0.15) is 0 Å². The summed E-state index contributed by atoms with van der Waals surface area (Å²) in [6.07, 6.45) is 1.77. The molecule has 0 radical (unpaired) electrons. The van der Waals surface area contributed by atoms with Crippen LogP contribution in [0.1, 0.15) is 20.8 Å². The van der Waals surface area contributed by atoms with Crippen LogP contribution in [0.25, 0.3) is 0 Å². The monoisotopic (exact) mass is 241 g/mol. The lowest BCUT2D eigenvalue weighted by atomic mass is 10.1. The molecule has 0 atom stereocenters. The van der Waals surface area contributed by atoms with Gasteiger partial charge in [-0.25, -0.2) is 4.98 Å². The van der Waals surface area contributed by atoms with Crippen molar-refractivity contribution in [3.05, 3.63) is 11.6 Å². The van der Waals surface area contributed by atoms with Crippen molar-refractivity contribution >= 4 is 23.1 Å². The first-order valence-corrected chi connectivity index (χ1v) is 6.13. The van der Waals surface area contributed by atoms with Crippen molar-refractivity contribution in [3.8, 4) is 0 Å². The van der Waals surface area contributed by atoms with Gasteiger partial charge in [0.2, 0.25) is 5.16 Å². The summed E-state index contributed by atoms with van der Waals surface area (Å²) < 4.78 is 0.934. The SMILES string of the molecule is CC(C)(C)n1nnc(Sc2nccs2)n1. The Hall–Kier alpha value is -0.950. The van der Waals surface area contributed by atoms with Gasteiger partial charge < -0.3 is 0 Å². The van der Waals surface area contributed by atoms with Crippen LogP contribution in [0.15, 0.2) is 21.1 Å². The maximum atomic E-state index is 4.28. The first-order chi connectivity index (χ1) is 7.05. The third kappa shape index (κ3) is 2.54. The van der Waals surface area contributed by atoms with E-state index < -0.39 is 0 Å². The van der Waals surface area contributed by atoms with Gasteiger partial charge in [0.05, 0.1) is 5.54 Å². The fraction of sp³-hybridized carbons (Fsp3) is 0.500. The number of aromatic nitrogens is 5. The number of hydrogen-bond donors (Lipinski definition) is 0. The minimum absolute atomic E-state index is 0.130. The molecule has 80 valence electrons. The summed E-state index contributed by atoms with van der Waals surface area (Å²) in [7, 11) is 0. The third-order valence-corrected chi connectivity index (χ3v) is 3.31. The van der Waals surface area contributed by atoms with E-state index in [2.05, 4.69) is 20.4 Å². The zero-order valence-corrected chi connectivity index (χ0v) is 10.3. The molecule has 0 saturated carbocycles. The van der Waals surface area contributed by atoms with E-state index >= 15 is 0 Å². The fourth-order valence-electron chi connectivity index (χ4n) is 0.865. The van der Waals surface area contributed by atoms with Crippen LogP contribution in [-0.2, 0) is 5.54 Å². The highest BCUT2D eigenvalue weighted by Gasteiger charge is 2.17.